The highest BCUT2D eigenvalue weighted by Gasteiger charge is 2.16. The van der Waals surface area contributed by atoms with Gasteiger partial charge in [-0.1, -0.05) is 98.3 Å². The number of unbranched alkanes of at least 4 members (excludes halogenated alkanes) is 3. The molecule has 0 saturated heterocycles. The van der Waals surface area contributed by atoms with Crippen molar-refractivity contribution in [3.05, 3.63) is 95.7 Å². The Kier molecular flexibility index (Phi) is 6.38. The molecule has 0 amide bonds. The molecule has 4 rings (SSSR count). The van der Waals surface area contributed by atoms with Gasteiger partial charge in [0.2, 0.25) is 0 Å². The Morgan fingerprint density at radius 1 is 0.700 bits per heavy atom. The van der Waals surface area contributed by atoms with Crippen LogP contribution < -0.4 is 0 Å². The van der Waals surface area contributed by atoms with Crippen LogP contribution in [0, 0.1) is 13.8 Å². The van der Waals surface area contributed by atoms with E-state index in [1.807, 2.05) is 0 Å². The highest BCUT2D eigenvalue weighted by molar-refractivity contribution is 5.86. The van der Waals surface area contributed by atoms with Crippen LogP contribution in [0.15, 0.2) is 79.0 Å². The van der Waals surface area contributed by atoms with E-state index in [1.54, 1.807) is 0 Å². The zero-order valence-corrected chi connectivity index (χ0v) is 18.6. The largest absolute Gasteiger partial charge is 0.340 e. The van der Waals surface area contributed by atoms with Crippen LogP contribution in [0.4, 0.5) is 0 Å². The van der Waals surface area contributed by atoms with Gasteiger partial charge >= 0.3 is 0 Å². The van der Waals surface area contributed by atoms with Gasteiger partial charge in [0, 0.05) is 17.1 Å². The van der Waals surface area contributed by atoms with E-state index in [0.29, 0.717) is 6.04 Å². The molecule has 0 fully saturated rings. The zero-order chi connectivity index (χ0) is 20.9. The third-order valence-electron chi connectivity index (χ3n) is 6.23. The molecule has 0 radical (unpaired) electrons. The van der Waals surface area contributed by atoms with E-state index in [0.717, 1.165) is 0 Å². The van der Waals surface area contributed by atoms with Gasteiger partial charge in [0.15, 0.2) is 0 Å². The van der Waals surface area contributed by atoms with Crippen molar-refractivity contribution in [2.24, 2.45) is 0 Å². The summed E-state index contributed by atoms with van der Waals surface area (Å²) in [5.74, 6) is 0. The smallest absolute Gasteiger partial charge is 0.0585 e. The monoisotopic (exact) mass is 395 g/mol. The number of aromatic nitrogens is 1. The highest BCUT2D eigenvalue weighted by Crippen LogP contribution is 2.32. The van der Waals surface area contributed by atoms with Gasteiger partial charge in [-0.25, -0.2) is 0 Å². The van der Waals surface area contributed by atoms with Gasteiger partial charge in [0.1, 0.15) is 0 Å². The quantitative estimate of drug-likeness (QED) is 0.264. The summed E-state index contributed by atoms with van der Waals surface area (Å²) in [7, 11) is 0. The lowest BCUT2D eigenvalue weighted by atomic mass is 9.98. The fraction of sp³-hybridized carbons (Fsp3) is 0.310. The number of hydrogen-bond donors (Lipinski definition) is 0. The van der Waals surface area contributed by atoms with Crippen LogP contribution in [0.3, 0.4) is 0 Å². The number of rotatable bonds is 8. The molecule has 0 saturated carbocycles. The van der Waals surface area contributed by atoms with Crippen LogP contribution >= 0.6 is 0 Å². The highest BCUT2D eigenvalue weighted by atomic mass is 15.0. The lowest BCUT2D eigenvalue weighted by molar-refractivity contribution is 0.510. The van der Waals surface area contributed by atoms with Crippen LogP contribution in [-0.4, -0.2) is 4.57 Å². The summed E-state index contributed by atoms with van der Waals surface area (Å²) >= 11 is 0. The molecule has 3 aromatic carbocycles. The van der Waals surface area contributed by atoms with Crippen LogP contribution in [0.5, 0.6) is 0 Å². The van der Waals surface area contributed by atoms with Crippen molar-refractivity contribution in [3.8, 4) is 11.1 Å². The maximum absolute atomic E-state index is 2.49. The second kappa shape index (κ2) is 9.34. The number of hydrogen-bond acceptors (Lipinski definition) is 0. The SMILES string of the molecule is CCCCCCC(c1ccc(C)cc1)n1ccc2cc(-c3ccc(C)cc3)ccc21. The van der Waals surface area contributed by atoms with Crippen molar-refractivity contribution in [2.45, 2.75) is 58.9 Å². The number of fused-ring (bicyclic) bond motifs is 1. The lowest BCUT2D eigenvalue weighted by Gasteiger charge is -2.21. The van der Waals surface area contributed by atoms with Gasteiger partial charge in [-0.05, 0) is 55.2 Å². The van der Waals surface area contributed by atoms with E-state index < -0.39 is 0 Å². The van der Waals surface area contributed by atoms with Gasteiger partial charge in [-0.3, -0.25) is 0 Å². The van der Waals surface area contributed by atoms with Gasteiger partial charge < -0.3 is 4.57 Å². The molecule has 1 heterocycles. The first-order chi connectivity index (χ1) is 14.7. The van der Waals surface area contributed by atoms with E-state index in [9.17, 15) is 0 Å². The molecule has 1 heteroatoms. The Labute approximate surface area is 181 Å². The number of benzene rings is 3. The number of nitrogens with zero attached hydrogens (tertiary/aromatic N) is 1. The maximum atomic E-state index is 2.49. The Balaban J connectivity index is 1.68. The minimum absolute atomic E-state index is 0.394. The minimum atomic E-state index is 0.394. The van der Waals surface area contributed by atoms with Crippen molar-refractivity contribution >= 4 is 10.9 Å². The molecule has 1 aromatic heterocycles. The number of aryl methyl sites for hydroxylation is 2. The molecule has 0 N–H and O–H groups in total. The summed E-state index contributed by atoms with van der Waals surface area (Å²) in [4.78, 5) is 0. The van der Waals surface area contributed by atoms with Gasteiger partial charge in [0.05, 0.1) is 6.04 Å². The van der Waals surface area contributed by atoms with Crippen molar-refractivity contribution in [1.82, 2.24) is 4.57 Å². The first-order valence-corrected chi connectivity index (χ1v) is 11.4. The minimum Gasteiger partial charge on any atom is -0.340 e. The Morgan fingerprint density at radius 3 is 2.07 bits per heavy atom. The van der Waals surface area contributed by atoms with E-state index in [1.165, 1.54) is 70.8 Å². The predicted octanol–water partition coefficient (Wildman–Crippen LogP) is 8.48. The second-order valence-corrected chi connectivity index (χ2v) is 8.64. The van der Waals surface area contributed by atoms with E-state index in [4.69, 9.17) is 0 Å². The summed E-state index contributed by atoms with van der Waals surface area (Å²) in [6.07, 6.45) is 8.67. The molecule has 0 aliphatic carbocycles. The topological polar surface area (TPSA) is 4.93 Å². The summed E-state index contributed by atoms with van der Waals surface area (Å²) in [5, 5.41) is 1.32. The summed E-state index contributed by atoms with van der Waals surface area (Å²) in [6.45, 7) is 6.58. The van der Waals surface area contributed by atoms with Gasteiger partial charge in [-0.15, -0.1) is 0 Å². The van der Waals surface area contributed by atoms with Crippen molar-refractivity contribution in [2.75, 3.05) is 0 Å². The van der Waals surface area contributed by atoms with Crippen molar-refractivity contribution in [3.63, 3.8) is 0 Å². The molecule has 1 nitrogen and oxygen atoms in total. The van der Waals surface area contributed by atoms with Crippen LogP contribution in [0.1, 0.15) is 61.8 Å². The molecule has 0 aliphatic rings. The molecular weight excluding hydrogens is 362 g/mol. The second-order valence-electron chi connectivity index (χ2n) is 8.64. The third-order valence-corrected chi connectivity index (χ3v) is 6.23. The van der Waals surface area contributed by atoms with Crippen LogP contribution in [-0.2, 0) is 0 Å². The summed E-state index contributed by atoms with van der Waals surface area (Å²) in [6, 6.07) is 27.5. The zero-order valence-electron chi connectivity index (χ0n) is 18.6. The predicted molar refractivity (Wildman–Crippen MR) is 130 cm³/mol. The van der Waals surface area contributed by atoms with Crippen molar-refractivity contribution < 1.29 is 0 Å². The maximum Gasteiger partial charge on any atom is 0.0585 e. The molecule has 4 aromatic rings. The Bertz CT molecular complexity index is 1080. The standard InChI is InChI=1S/C29H33N/c1-4-5-6-7-8-28(25-15-11-23(3)12-16-25)30-20-19-27-21-26(17-18-29(27)30)24-13-9-22(2)10-14-24/h9-21,28H,4-8H2,1-3H3. The first-order valence-electron chi connectivity index (χ1n) is 11.4. The normalized spacial score (nSPS) is 12.4. The average molecular weight is 396 g/mol. The molecule has 154 valence electrons. The molecule has 30 heavy (non-hydrogen) atoms. The molecule has 1 unspecified atom stereocenters. The Hall–Kier alpha value is -2.80. The average Bonchev–Trinajstić information content (AvgIpc) is 3.18. The molecule has 0 spiro atoms. The Morgan fingerprint density at radius 2 is 1.37 bits per heavy atom. The van der Waals surface area contributed by atoms with Gasteiger partial charge in [0.25, 0.3) is 0 Å². The van der Waals surface area contributed by atoms with E-state index >= 15 is 0 Å². The summed E-state index contributed by atoms with van der Waals surface area (Å²) < 4.78 is 2.49. The molecule has 0 aliphatic heterocycles. The molecule has 1 atom stereocenters. The third kappa shape index (κ3) is 4.51. The van der Waals surface area contributed by atoms with Gasteiger partial charge in [-0.2, -0.15) is 0 Å². The molecule has 0 bridgehead atoms. The van der Waals surface area contributed by atoms with Crippen LogP contribution in [0.25, 0.3) is 22.0 Å². The fourth-order valence-corrected chi connectivity index (χ4v) is 4.38. The molecular formula is C29H33N. The van der Waals surface area contributed by atoms with E-state index in [2.05, 4.69) is 104 Å². The van der Waals surface area contributed by atoms with Crippen LogP contribution in [0.2, 0.25) is 0 Å². The lowest BCUT2D eigenvalue weighted by Crippen LogP contribution is -2.10. The fourth-order valence-electron chi connectivity index (χ4n) is 4.38. The summed E-state index contributed by atoms with van der Waals surface area (Å²) in [5.41, 5.74) is 7.93. The first kappa shape index (κ1) is 20.5. The van der Waals surface area contributed by atoms with Crippen molar-refractivity contribution in [1.29, 1.82) is 0 Å². The van der Waals surface area contributed by atoms with E-state index in [-0.39, 0.29) is 0 Å².